The molecule has 1 unspecified atom stereocenters. The first-order valence-electron chi connectivity index (χ1n) is 12.3. The molecule has 1 atom stereocenters. The van der Waals surface area contributed by atoms with Crippen molar-refractivity contribution in [2.45, 2.75) is 58.2 Å². The van der Waals surface area contributed by atoms with Gasteiger partial charge in [-0.1, -0.05) is 42.5 Å². The molecule has 2 aliphatic rings. The summed E-state index contributed by atoms with van der Waals surface area (Å²) in [6.07, 6.45) is 2.31. The Hall–Kier alpha value is -3.85. The number of benzene rings is 2. The number of fused-ring (bicyclic) bond motifs is 2. The van der Waals surface area contributed by atoms with E-state index in [1.54, 1.807) is 5.01 Å². The van der Waals surface area contributed by atoms with Gasteiger partial charge in [0.25, 0.3) is 0 Å². The molecule has 0 saturated carbocycles. The molecule has 0 bridgehead atoms. The van der Waals surface area contributed by atoms with Crippen LogP contribution >= 0.6 is 0 Å². The van der Waals surface area contributed by atoms with Crippen molar-refractivity contribution < 1.29 is 14.3 Å². The van der Waals surface area contributed by atoms with Crippen LogP contribution < -0.4 is 16.1 Å². The van der Waals surface area contributed by atoms with E-state index in [1.165, 1.54) is 0 Å². The van der Waals surface area contributed by atoms with Crippen LogP contribution in [-0.4, -0.2) is 39.1 Å². The first kappa shape index (κ1) is 23.9. The highest BCUT2D eigenvalue weighted by molar-refractivity contribution is 5.90. The van der Waals surface area contributed by atoms with Crippen molar-refractivity contribution >= 4 is 17.9 Å². The number of ether oxygens (including phenoxy) is 1. The van der Waals surface area contributed by atoms with Crippen molar-refractivity contribution in [3.05, 3.63) is 77.0 Å². The van der Waals surface area contributed by atoms with E-state index in [4.69, 9.17) is 9.84 Å². The fraction of sp³-hybridized carbons (Fsp3) is 0.370. The number of hydrazine groups is 1. The molecule has 9 heteroatoms. The normalized spacial score (nSPS) is 17.1. The zero-order valence-electron chi connectivity index (χ0n) is 20.9. The van der Waals surface area contributed by atoms with Crippen LogP contribution in [-0.2, 0) is 24.1 Å². The number of amides is 3. The van der Waals surface area contributed by atoms with Crippen LogP contribution in [0.3, 0.4) is 0 Å². The molecule has 9 nitrogen and oxygen atoms in total. The number of urea groups is 1. The van der Waals surface area contributed by atoms with Crippen LogP contribution in [0.15, 0.2) is 54.6 Å². The van der Waals surface area contributed by atoms with Gasteiger partial charge in [0.2, 0.25) is 0 Å². The fourth-order valence-electron chi connectivity index (χ4n) is 4.82. The van der Waals surface area contributed by atoms with Gasteiger partial charge in [0.15, 0.2) is 0 Å². The monoisotopic (exact) mass is 488 g/mol. The second-order valence-electron chi connectivity index (χ2n) is 10.2. The SMILES string of the molecule is CC(C)(C)OC(=O)NN1Cc2ccccc2C(NC(=O)Nc2c3c(nn2-c2ccccc2)CCC3)C1. The Morgan fingerprint density at radius 1 is 1.03 bits per heavy atom. The number of para-hydroxylation sites is 1. The number of carbonyl (C=O) groups excluding carboxylic acids is 2. The number of hydrogen-bond acceptors (Lipinski definition) is 5. The number of aromatic nitrogens is 2. The van der Waals surface area contributed by atoms with E-state index in [-0.39, 0.29) is 12.1 Å². The number of nitrogens with one attached hydrogen (secondary N) is 3. The molecular formula is C27H32N6O3. The second kappa shape index (κ2) is 9.66. The second-order valence-corrected chi connectivity index (χ2v) is 10.2. The van der Waals surface area contributed by atoms with Gasteiger partial charge in [-0.3, -0.25) is 10.7 Å². The Morgan fingerprint density at radius 3 is 2.56 bits per heavy atom. The van der Waals surface area contributed by atoms with Crippen molar-refractivity contribution in [3.8, 4) is 5.69 Å². The number of anilines is 1. The Labute approximate surface area is 210 Å². The molecule has 36 heavy (non-hydrogen) atoms. The summed E-state index contributed by atoms with van der Waals surface area (Å²) in [5.41, 5.74) is 7.29. The fourth-order valence-corrected chi connectivity index (χ4v) is 4.82. The molecule has 3 aromatic rings. The van der Waals surface area contributed by atoms with E-state index in [1.807, 2.05) is 80.1 Å². The topological polar surface area (TPSA) is 101 Å². The minimum Gasteiger partial charge on any atom is -0.443 e. The van der Waals surface area contributed by atoms with Gasteiger partial charge in [0.1, 0.15) is 11.4 Å². The van der Waals surface area contributed by atoms with Gasteiger partial charge in [-0.2, -0.15) is 5.10 Å². The quantitative estimate of drug-likeness (QED) is 0.503. The average molecular weight is 489 g/mol. The van der Waals surface area contributed by atoms with Gasteiger partial charge < -0.3 is 10.1 Å². The van der Waals surface area contributed by atoms with Crippen molar-refractivity contribution in [3.63, 3.8) is 0 Å². The molecule has 0 spiro atoms. The van der Waals surface area contributed by atoms with Crippen LogP contribution in [0.5, 0.6) is 0 Å². The molecule has 2 heterocycles. The van der Waals surface area contributed by atoms with Crippen molar-refractivity contribution in [1.29, 1.82) is 0 Å². The van der Waals surface area contributed by atoms with E-state index in [0.29, 0.717) is 18.9 Å². The summed E-state index contributed by atoms with van der Waals surface area (Å²) in [5.74, 6) is 0.707. The van der Waals surface area contributed by atoms with Gasteiger partial charge >= 0.3 is 12.1 Å². The van der Waals surface area contributed by atoms with Crippen LogP contribution in [0.4, 0.5) is 15.4 Å². The lowest BCUT2D eigenvalue weighted by molar-refractivity contribution is 0.0285. The van der Waals surface area contributed by atoms with E-state index >= 15 is 0 Å². The summed E-state index contributed by atoms with van der Waals surface area (Å²) in [6, 6.07) is 17.1. The Balaban J connectivity index is 1.34. The van der Waals surface area contributed by atoms with Crippen molar-refractivity contribution in [2.24, 2.45) is 0 Å². The van der Waals surface area contributed by atoms with E-state index in [9.17, 15) is 9.59 Å². The average Bonchev–Trinajstić information content (AvgIpc) is 3.41. The summed E-state index contributed by atoms with van der Waals surface area (Å²) < 4.78 is 7.23. The zero-order chi connectivity index (χ0) is 25.3. The maximum Gasteiger partial charge on any atom is 0.422 e. The van der Waals surface area contributed by atoms with E-state index in [2.05, 4.69) is 16.1 Å². The number of nitrogens with zero attached hydrogens (tertiary/aromatic N) is 3. The molecule has 0 fully saturated rings. The third-order valence-electron chi connectivity index (χ3n) is 6.29. The molecule has 0 radical (unpaired) electrons. The Bertz CT molecular complexity index is 1260. The lowest BCUT2D eigenvalue weighted by Gasteiger charge is -2.35. The van der Waals surface area contributed by atoms with Crippen LogP contribution in [0, 0.1) is 0 Å². The maximum absolute atomic E-state index is 13.3. The maximum atomic E-state index is 13.3. The summed E-state index contributed by atoms with van der Waals surface area (Å²) >= 11 is 0. The Kier molecular flexibility index (Phi) is 6.40. The zero-order valence-corrected chi connectivity index (χ0v) is 20.9. The molecule has 1 aliphatic carbocycles. The molecule has 3 N–H and O–H groups in total. The standard InChI is InChI=1S/C27H32N6O3/c1-27(2,3)36-26(35)31-32-16-18-10-7-8-13-20(18)23(17-32)28-25(34)29-24-21-14-9-15-22(21)30-33(24)19-11-5-4-6-12-19/h4-8,10-13,23H,9,14-17H2,1-3H3,(H,31,35)(H2,28,29,34). The lowest BCUT2D eigenvalue weighted by Crippen LogP contribution is -2.51. The summed E-state index contributed by atoms with van der Waals surface area (Å²) in [5, 5.41) is 12.7. The molecule has 2 aromatic carbocycles. The summed E-state index contributed by atoms with van der Waals surface area (Å²) in [6.45, 7) is 6.39. The lowest BCUT2D eigenvalue weighted by atomic mass is 9.96. The molecule has 0 saturated heterocycles. The van der Waals surface area contributed by atoms with Crippen LogP contribution in [0.25, 0.3) is 5.69 Å². The predicted octanol–water partition coefficient (Wildman–Crippen LogP) is 4.48. The van der Waals surface area contributed by atoms with Crippen molar-refractivity contribution in [2.75, 3.05) is 11.9 Å². The molecule has 188 valence electrons. The van der Waals surface area contributed by atoms with Crippen LogP contribution in [0.2, 0.25) is 0 Å². The molecule has 1 aliphatic heterocycles. The molecule has 3 amide bonds. The predicted molar refractivity (Wildman–Crippen MR) is 137 cm³/mol. The van der Waals surface area contributed by atoms with E-state index < -0.39 is 11.7 Å². The molecular weight excluding hydrogens is 456 g/mol. The van der Waals surface area contributed by atoms with Gasteiger partial charge in [0, 0.05) is 18.7 Å². The number of rotatable bonds is 4. The summed E-state index contributed by atoms with van der Waals surface area (Å²) in [4.78, 5) is 25.7. The largest absolute Gasteiger partial charge is 0.443 e. The van der Waals surface area contributed by atoms with Gasteiger partial charge in [-0.15, -0.1) is 0 Å². The highest BCUT2D eigenvalue weighted by Gasteiger charge is 2.30. The highest BCUT2D eigenvalue weighted by Crippen LogP contribution is 2.31. The van der Waals surface area contributed by atoms with Gasteiger partial charge in [0.05, 0.1) is 17.4 Å². The summed E-state index contributed by atoms with van der Waals surface area (Å²) in [7, 11) is 0. The third-order valence-corrected chi connectivity index (χ3v) is 6.29. The number of aryl methyl sites for hydroxylation is 1. The minimum absolute atomic E-state index is 0.319. The first-order chi connectivity index (χ1) is 17.3. The third kappa shape index (κ3) is 5.21. The van der Waals surface area contributed by atoms with Crippen molar-refractivity contribution in [1.82, 2.24) is 25.5 Å². The molecule has 5 rings (SSSR count). The van der Waals surface area contributed by atoms with Crippen LogP contribution in [0.1, 0.15) is 55.6 Å². The van der Waals surface area contributed by atoms with Gasteiger partial charge in [-0.05, 0) is 63.3 Å². The van der Waals surface area contributed by atoms with Gasteiger partial charge in [-0.25, -0.2) is 19.3 Å². The Morgan fingerprint density at radius 2 is 1.78 bits per heavy atom. The molecule has 1 aromatic heterocycles. The first-order valence-corrected chi connectivity index (χ1v) is 12.3. The smallest absolute Gasteiger partial charge is 0.422 e. The number of hydrogen-bond donors (Lipinski definition) is 3. The minimum atomic E-state index is -0.600. The number of carbonyl (C=O) groups is 2. The van der Waals surface area contributed by atoms with E-state index in [0.717, 1.165) is 47.3 Å². The highest BCUT2D eigenvalue weighted by atomic mass is 16.6.